The van der Waals surface area contributed by atoms with E-state index in [4.69, 9.17) is 18.0 Å². The molecule has 0 aliphatic rings. The lowest BCUT2D eigenvalue weighted by atomic mass is 9.92. The van der Waals surface area contributed by atoms with Crippen molar-refractivity contribution in [3.05, 3.63) is 11.4 Å². The van der Waals surface area contributed by atoms with Crippen molar-refractivity contribution < 1.29 is 4.79 Å². The second kappa shape index (κ2) is 4.21. The van der Waals surface area contributed by atoms with Gasteiger partial charge in [-0.3, -0.25) is 9.89 Å². The van der Waals surface area contributed by atoms with Crippen molar-refractivity contribution in [3.8, 4) is 0 Å². The van der Waals surface area contributed by atoms with Gasteiger partial charge in [0.05, 0.1) is 27.5 Å². The third-order valence-electron chi connectivity index (χ3n) is 2.55. The number of thiocarbonyl (C=S) groups is 1. The molecule has 0 atom stereocenters. The Kier molecular flexibility index (Phi) is 3.32. The highest BCUT2D eigenvalue weighted by molar-refractivity contribution is 7.80. The molecule has 1 heterocycles. The van der Waals surface area contributed by atoms with Crippen LogP contribution in [-0.4, -0.2) is 21.1 Å². The van der Waals surface area contributed by atoms with Gasteiger partial charge in [0, 0.05) is 0 Å². The van der Waals surface area contributed by atoms with E-state index in [2.05, 4.69) is 15.5 Å². The fraction of sp³-hybridized carbons (Fsp3) is 0.500. The summed E-state index contributed by atoms with van der Waals surface area (Å²) in [6.07, 6.45) is 0. The third kappa shape index (κ3) is 2.21. The van der Waals surface area contributed by atoms with Crippen molar-refractivity contribution in [2.24, 2.45) is 11.1 Å². The molecule has 88 valence electrons. The minimum absolute atomic E-state index is 0.170. The molecule has 6 heteroatoms. The number of H-pyrrole nitrogens is 1. The monoisotopic (exact) mass is 240 g/mol. The van der Waals surface area contributed by atoms with Crippen LogP contribution in [0.3, 0.4) is 0 Å². The number of hydrogen-bond acceptors (Lipinski definition) is 3. The molecule has 16 heavy (non-hydrogen) atoms. The van der Waals surface area contributed by atoms with Crippen LogP contribution in [0.1, 0.15) is 25.2 Å². The SMILES string of the molecule is Cc1n[nH]c(C)c1NC(=O)C(C)(C)C(N)=S. The molecule has 0 unspecified atom stereocenters. The number of aryl methyl sites for hydroxylation is 2. The quantitative estimate of drug-likeness (QED) is 0.695. The first kappa shape index (κ1) is 12.6. The Bertz CT molecular complexity index is 417. The summed E-state index contributed by atoms with van der Waals surface area (Å²) in [6, 6.07) is 0. The number of nitrogens with one attached hydrogen (secondary N) is 2. The predicted octanol–water partition coefficient (Wildman–Crippen LogP) is 1.28. The van der Waals surface area contributed by atoms with Gasteiger partial charge in [-0.05, 0) is 27.7 Å². The molecule has 0 aliphatic carbocycles. The summed E-state index contributed by atoms with van der Waals surface area (Å²) in [7, 11) is 0. The molecule has 4 N–H and O–H groups in total. The number of nitrogens with two attached hydrogens (primary N) is 1. The van der Waals surface area contributed by atoms with E-state index in [0.717, 1.165) is 11.4 Å². The summed E-state index contributed by atoms with van der Waals surface area (Å²) in [6.45, 7) is 7.03. The fourth-order valence-corrected chi connectivity index (χ4v) is 1.21. The van der Waals surface area contributed by atoms with Crippen LogP contribution in [0.2, 0.25) is 0 Å². The minimum atomic E-state index is -0.870. The Morgan fingerprint density at radius 1 is 1.50 bits per heavy atom. The number of nitrogens with zero attached hydrogens (tertiary/aromatic N) is 1. The maximum atomic E-state index is 12.0. The molecular weight excluding hydrogens is 224 g/mol. The van der Waals surface area contributed by atoms with E-state index < -0.39 is 5.41 Å². The number of carbonyl (C=O) groups is 1. The van der Waals surface area contributed by atoms with Crippen molar-refractivity contribution in [1.29, 1.82) is 0 Å². The summed E-state index contributed by atoms with van der Waals surface area (Å²) >= 11 is 4.86. The van der Waals surface area contributed by atoms with Gasteiger partial charge in [0.2, 0.25) is 5.91 Å². The van der Waals surface area contributed by atoms with Gasteiger partial charge in [-0.1, -0.05) is 12.2 Å². The maximum absolute atomic E-state index is 12.0. The molecule has 0 aliphatic heterocycles. The van der Waals surface area contributed by atoms with Crippen molar-refractivity contribution in [2.75, 3.05) is 5.32 Å². The van der Waals surface area contributed by atoms with Gasteiger partial charge in [0.25, 0.3) is 0 Å². The third-order valence-corrected chi connectivity index (χ3v) is 3.06. The van der Waals surface area contributed by atoms with E-state index >= 15 is 0 Å². The van der Waals surface area contributed by atoms with Gasteiger partial charge in [-0.25, -0.2) is 0 Å². The molecule has 1 amide bonds. The maximum Gasteiger partial charge on any atom is 0.236 e. The molecule has 0 aromatic carbocycles. The van der Waals surface area contributed by atoms with Crippen LogP contribution in [0.25, 0.3) is 0 Å². The van der Waals surface area contributed by atoms with E-state index in [1.807, 2.05) is 13.8 Å². The van der Waals surface area contributed by atoms with Crippen LogP contribution in [0.5, 0.6) is 0 Å². The van der Waals surface area contributed by atoms with Gasteiger partial charge in [-0.15, -0.1) is 0 Å². The molecule has 5 nitrogen and oxygen atoms in total. The molecule has 0 bridgehead atoms. The molecule has 0 saturated carbocycles. The Morgan fingerprint density at radius 2 is 2.06 bits per heavy atom. The summed E-state index contributed by atoms with van der Waals surface area (Å²) in [5.74, 6) is -0.229. The van der Waals surface area contributed by atoms with Crippen molar-refractivity contribution >= 4 is 28.8 Å². The number of anilines is 1. The van der Waals surface area contributed by atoms with Crippen LogP contribution < -0.4 is 11.1 Å². The van der Waals surface area contributed by atoms with Crippen molar-refractivity contribution in [2.45, 2.75) is 27.7 Å². The zero-order valence-electron chi connectivity index (χ0n) is 9.84. The number of hydrogen-bond donors (Lipinski definition) is 3. The van der Waals surface area contributed by atoms with Gasteiger partial charge < -0.3 is 11.1 Å². The van der Waals surface area contributed by atoms with Gasteiger partial charge >= 0.3 is 0 Å². The molecule has 1 aromatic rings. The molecular formula is C10H16N4OS. The Hall–Kier alpha value is -1.43. The predicted molar refractivity (Wildman–Crippen MR) is 67.3 cm³/mol. The second-order valence-corrected chi connectivity index (χ2v) is 4.69. The highest BCUT2D eigenvalue weighted by atomic mass is 32.1. The Balaban J connectivity index is 2.92. The van der Waals surface area contributed by atoms with Gasteiger partial charge in [0.15, 0.2) is 0 Å². The fourth-order valence-electron chi connectivity index (χ4n) is 1.12. The molecule has 0 radical (unpaired) electrons. The van der Waals surface area contributed by atoms with E-state index in [-0.39, 0.29) is 10.9 Å². The number of carbonyl (C=O) groups excluding carboxylic acids is 1. The first-order chi connectivity index (χ1) is 7.26. The number of rotatable bonds is 3. The van der Waals surface area contributed by atoms with E-state index in [1.165, 1.54) is 0 Å². The highest BCUT2D eigenvalue weighted by Gasteiger charge is 2.31. The Morgan fingerprint density at radius 3 is 2.44 bits per heavy atom. The average Bonchev–Trinajstić information content (AvgIpc) is 2.49. The minimum Gasteiger partial charge on any atom is -0.392 e. The number of amides is 1. The zero-order valence-corrected chi connectivity index (χ0v) is 10.7. The standard InChI is InChI=1S/C10H16N4OS/c1-5-7(6(2)14-13-5)12-9(15)10(3,4)8(11)16/h1-4H3,(H2,11,16)(H,12,15)(H,13,14). The normalized spacial score (nSPS) is 11.2. The topological polar surface area (TPSA) is 83.8 Å². The van der Waals surface area contributed by atoms with E-state index in [0.29, 0.717) is 5.69 Å². The molecule has 1 aromatic heterocycles. The first-order valence-electron chi connectivity index (χ1n) is 4.89. The summed E-state index contributed by atoms with van der Waals surface area (Å²) < 4.78 is 0. The molecule has 0 spiro atoms. The second-order valence-electron chi connectivity index (χ2n) is 4.25. The van der Waals surface area contributed by atoms with Crippen LogP contribution in [0.4, 0.5) is 5.69 Å². The van der Waals surface area contributed by atoms with Crippen LogP contribution in [-0.2, 0) is 4.79 Å². The number of aromatic nitrogens is 2. The average molecular weight is 240 g/mol. The largest absolute Gasteiger partial charge is 0.392 e. The van der Waals surface area contributed by atoms with Crippen molar-refractivity contribution in [3.63, 3.8) is 0 Å². The molecule has 0 fully saturated rings. The first-order valence-corrected chi connectivity index (χ1v) is 5.30. The van der Waals surface area contributed by atoms with Crippen LogP contribution in [0, 0.1) is 19.3 Å². The molecule has 1 rings (SSSR count). The Labute approximate surface area is 99.8 Å². The summed E-state index contributed by atoms with van der Waals surface area (Å²) in [5, 5.41) is 9.57. The lowest BCUT2D eigenvalue weighted by Crippen LogP contribution is -2.41. The smallest absolute Gasteiger partial charge is 0.236 e. The number of aromatic amines is 1. The van der Waals surface area contributed by atoms with Crippen LogP contribution in [0.15, 0.2) is 0 Å². The summed E-state index contributed by atoms with van der Waals surface area (Å²) in [5.41, 5.74) is 6.89. The van der Waals surface area contributed by atoms with E-state index in [9.17, 15) is 4.79 Å². The van der Waals surface area contributed by atoms with Gasteiger partial charge in [-0.2, -0.15) is 5.10 Å². The lowest BCUT2D eigenvalue weighted by molar-refractivity contribution is -0.121. The highest BCUT2D eigenvalue weighted by Crippen LogP contribution is 2.22. The lowest BCUT2D eigenvalue weighted by Gasteiger charge is -2.21. The zero-order chi connectivity index (χ0) is 12.5. The van der Waals surface area contributed by atoms with Gasteiger partial charge in [0.1, 0.15) is 0 Å². The van der Waals surface area contributed by atoms with E-state index in [1.54, 1.807) is 13.8 Å². The summed E-state index contributed by atoms with van der Waals surface area (Å²) in [4.78, 5) is 12.1. The molecule has 0 saturated heterocycles. The van der Waals surface area contributed by atoms with Crippen molar-refractivity contribution in [1.82, 2.24) is 10.2 Å². The van der Waals surface area contributed by atoms with Crippen LogP contribution >= 0.6 is 12.2 Å².